The molecular weight excluding hydrogens is 226 g/mol. The summed E-state index contributed by atoms with van der Waals surface area (Å²) in [7, 11) is 0. The van der Waals surface area contributed by atoms with Crippen LogP contribution in [0, 0.1) is 0 Å². The largest absolute Gasteiger partial charge is 0.357 e. The van der Waals surface area contributed by atoms with Crippen LogP contribution in [0.3, 0.4) is 0 Å². The van der Waals surface area contributed by atoms with E-state index in [9.17, 15) is 0 Å². The molecule has 0 spiro atoms. The van der Waals surface area contributed by atoms with Crippen molar-refractivity contribution in [1.82, 2.24) is 9.97 Å². The molecule has 100 valence electrons. The number of piperidine rings is 1. The zero-order valence-electron chi connectivity index (χ0n) is 11.3. The third kappa shape index (κ3) is 2.90. The van der Waals surface area contributed by atoms with Gasteiger partial charge in [0.1, 0.15) is 18.0 Å². The van der Waals surface area contributed by atoms with Gasteiger partial charge in [-0.2, -0.15) is 0 Å². The molecule has 0 saturated carbocycles. The van der Waals surface area contributed by atoms with Crippen LogP contribution in [0.1, 0.15) is 26.7 Å². The molecule has 1 aromatic heterocycles. The van der Waals surface area contributed by atoms with Crippen LogP contribution < -0.4 is 15.5 Å². The Morgan fingerprint density at radius 3 is 2.83 bits per heavy atom. The van der Waals surface area contributed by atoms with Crippen molar-refractivity contribution < 1.29 is 0 Å². The van der Waals surface area contributed by atoms with Crippen LogP contribution in [0.25, 0.3) is 0 Å². The maximum absolute atomic E-state index is 6.02. The minimum atomic E-state index is 0.269. The molecule has 0 aromatic carbocycles. The summed E-state index contributed by atoms with van der Waals surface area (Å²) in [5.74, 6) is 2.01. The van der Waals surface area contributed by atoms with Crippen LogP contribution in [0.2, 0.25) is 0 Å². The topological polar surface area (TPSA) is 58.3 Å². The van der Waals surface area contributed by atoms with Gasteiger partial charge in [-0.05, 0) is 26.7 Å². The molecule has 0 radical (unpaired) electrons. The van der Waals surface area contributed by atoms with Crippen LogP contribution in [0.5, 0.6) is 0 Å². The Balaban J connectivity index is 2.15. The lowest BCUT2D eigenvalue weighted by atomic mass is 10.1. The van der Waals surface area contributed by atoms with Gasteiger partial charge < -0.3 is 15.5 Å². The van der Waals surface area contributed by atoms with E-state index in [4.69, 9.17) is 5.73 Å². The van der Waals surface area contributed by atoms with E-state index in [0.717, 1.165) is 50.7 Å². The van der Waals surface area contributed by atoms with E-state index in [0.29, 0.717) is 0 Å². The fourth-order valence-corrected chi connectivity index (χ4v) is 2.45. The average molecular weight is 249 g/mol. The Hall–Kier alpha value is -1.36. The van der Waals surface area contributed by atoms with Crippen LogP contribution in [0.15, 0.2) is 12.4 Å². The molecule has 2 rings (SSSR count). The maximum atomic E-state index is 6.02. The van der Waals surface area contributed by atoms with Crippen LogP contribution in [0.4, 0.5) is 11.6 Å². The molecular formula is C13H23N5. The lowest BCUT2D eigenvalue weighted by Crippen LogP contribution is -2.43. The van der Waals surface area contributed by atoms with Crippen molar-refractivity contribution >= 4 is 11.6 Å². The molecule has 0 aliphatic carbocycles. The van der Waals surface area contributed by atoms with Crippen molar-refractivity contribution in [3.8, 4) is 0 Å². The Labute approximate surface area is 109 Å². The molecule has 0 unspecified atom stereocenters. The van der Waals surface area contributed by atoms with Crippen molar-refractivity contribution in [2.75, 3.05) is 36.0 Å². The molecule has 5 heteroatoms. The molecule has 18 heavy (non-hydrogen) atoms. The van der Waals surface area contributed by atoms with Crippen LogP contribution in [-0.2, 0) is 0 Å². The third-order valence-corrected chi connectivity index (χ3v) is 3.51. The first-order chi connectivity index (χ1) is 8.74. The number of anilines is 2. The Kier molecular flexibility index (Phi) is 4.36. The number of hydrogen-bond acceptors (Lipinski definition) is 5. The standard InChI is InChI=1S/C13H23N5/c1-3-17(4-2)12-8-13(16-10-15-12)18-7-5-6-11(14)9-18/h8,10-11H,3-7,9,14H2,1-2H3/t11-/m0/s1. The minimum absolute atomic E-state index is 0.269. The van der Waals surface area contributed by atoms with E-state index >= 15 is 0 Å². The molecule has 0 amide bonds. The highest BCUT2D eigenvalue weighted by molar-refractivity contribution is 5.50. The van der Waals surface area contributed by atoms with E-state index in [1.165, 1.54) is 0 Å². The van der Waals surface area contributed by atoms with Gasteiger partial charge in [0.05, 0.1) is 0 Å². The summed E-state index contributed by atoms with van der Waals surface area (Å²) >= 11 is 0. The molecule has 1 saturated heterocycles. The lowest BCUT2D eigenvalue weighted by Gasteiger charge is -2.32. The number of nitrogens with two attached hydrogens (primary N) is 1. The smallest absolute Gasteiger partial charge is 0.134 e. The van der Waals surface area contributed by atoms with Crippen molar-refractivity contribution in [1.29, 1.82) is 0 Å². The second kappa shape index (κ2) is 6.00. The second-order valence-electron chi connectivity index (χ2n) is 4.76. The molecule has 5 nitrogen and oxygen atoms in total. The van der Waals surface area contributed by atoms with E-state index in [-0.39, 0.29) is 6.04 Å². The Bertz CT molecular complexity index is 377. The molecule has 1 atom stereocenters. The number of rotatable bonds is 4. The first-order valence-electron chi connectivity index (χ1n) is 6.82. The predicted octanol–water partition coefficient (Wildman–Crippen LogP) is 1.25. The third-order valence-electron chi connectivity index (χ3n) is 3.51. The highest BCUT2D eigenvalue weighted by Crippen LogP contribution is 2.20. The molecule has 2 heterocycles. The zero-order valence-corrected chi connectivity index (χ0v) is 11.3. The number of hydrogen-bond donors (Lipinski definition) is 1. The lowest BCUT2D eigenvalue weighted by molar-refractivity contribution is 0.503. The zero-order chi connectivity index (χ0) is 13.0. The van der Waals surface area contributed by atoms with Crippen LogP contribution in [-0.4, -0.2) is 42.2 Å². The monoisotopic (exact) mass is 249 g/mol. The summed E-state index contributed by atoms with van der Waals surface area (Å²) in [6, 6.07) is 2.34. The minimum Gasteiger partial charge on any atom is -0.357 e. The average Bonchev–Trinajstić information content (AvgIpc) is 2.41. The van der Waals surface area contributed by atoms with E-state index in [1.807, 2.05) is 0 Å². The van der Waals surface area contributed by atoms with Crippen LogP contribution >= 0.6 is 0 Å². The van der Waals surface area contributed by atoms with Gasteiger partial charge in [0.25, 0.3) is 0 Å². The van der Waals surface area contributed by atoms with E-state index in [2.05, 4.69) is 39.7 Å². The number of nitrogens with zero attached hydrogens (tertiary/aromatic N) is 4. The van der Waals surface area contributed by atoms with Crippen molar-refractivity contribution in [2.45, 2.75) is 32.7 Å². The highest BCUT2D eigenvalue weighted by Gasteiger charge is 2.18. The molecule has 1 aliphatic heterocycles. The van der Waals surface area contributed by atoms with E-state index < -0.39 is 0 Å². The normalized spacial score (nSPS) is 19.9. The fourth-order valence-electron chi connectivity index (χ4n) is 2.45. The van der Waals surface area contributed by atoms with Gasteiger partial charge in [-0.25, -0.2) is 9.97 Å². The first kappa shape index (κ1) is 13.1. The molecule has 1 aromatic rings. The van der Waals surface area contributed by atoms with Crippen molar-refractivity contribution in [3.63, 3.8) is 0 Å². The Morgan fingerprint density at radius 1 is 1.39 bits per heavy atom. The molecule has 2 N–H and O–H groups in total. The van der Waals surface area contributed by atoms with Gasteiger partial charge in [-0.3, -0.25) is 0 Å². The quantitative estimate of drug-likeness (QED) is 0.870. The number of aromatic nitrogens is 2. The first-order valence-corrected chi connectivity index (χ1v) is 6.82. The van der Waals surface area contributed by atoms with Crippen molar-refractivity contribution in [3.05, 3.63) is 12.4 Å². The van der Waals surface area contributed by atoms with Gasteiger partial charge in [-0.1, -0.05) is 0 Å². The van der Waals surface area contributed by atoms with E-state index in [1.54, 1.807) is 6.33 Å². The van der Waals surface area contributed by atoms with Gasteiger partial charge in [0.2, 0.25) is 0 Å². The van der Waals surface area contributed by atoms with Gasteiger partial charge >= 0.3 is 0 Å². The summed E-state index contributed by atoms with van der Waals surface area (Å²) in [5.41, 5.74) is 6.02. The van der Waals surface area contributed by atoms with Gasteiger partial charge in [0, 0.05) is 38.3 Å². The van der Waals surface area contributed by atoms with Crippen molar-refractivity contribution in [2.24, 2.45) is 5.73 Å². The maximum Gasteiger partial charge on any atom is 0.134 e. The summed E-state index contributed by atoms with van der Waals surface area (Å²) < 4.78 is 0. The summed E-state index contributed by atoms with van der Waals surface area (Å²) in [4.78, 5) is 13.2. The summed E-state index contributed by atoms with van der Waals surface area (Å²) in [5, 5.41) is 0. The summed E-state index contributed by atoms with van der Waals surface area (Å²) in [6.07, 6.45) is 3.92. The molecule has 1 fully saturated rings. The fraction of sp³-hybridized carbons (Fsp3) is 0.692. The Morgan fingerprint density at radius 2 is 2.17 bits per heavy atom. The SMILES string of the molecule is CCN(CC)c1cc(N2CCC[C@H](N)C2)ncn1. The van der Waals surface area contributed by atoms with Gasteiger partial charge in [-0.15, -0.1) is 0 Å². The van der Waals surface area contributed by atoms with Gasteiger partial charge in [0.15, 0.2) is 0 Å². The highest BCUT2D eigenvalue weighted by atomic mass is 15.2. The molecule has 1 aliphatic rings. The second-order valence-corrected chi connectivity index (χ2v) is 4.76. The molecule has 0 bridgehead atoms. The predicted molar refractivity (Wildman–Crippen MR) is 75.0 cm³/mol. The summed E-state index contributed by atoms with van der Waals surface area (Å²) in [6.45, 7) is 8.15.